The maximum Gasteiger partial charge on any atom is 0.203 e. The molecule has 5 rings (SSSR count). The monoisotopic (exact) mass is 317 g/mol. The van der Waals surface area contributed by atoms with Gasteiger partial charge < -0.3 is 19.6 Å². The molecule has 0 saturated carbocycles. The summed E-state index contributed by atoms with van der Waals surface area (Å²) in [6.45, 7) is 2.33. The predicted molar refractivity (Wildman–Crippen MR) is 87.5 cm³/mol. The van der Waals surface area contributed by atoms with Crippen molar-refractivity contribution in [2.75, 3.05) is 34.4 Å². The molecular formula is C17H23N3O3. The zero-order valence-corrected chi connectivity index (χ0v) is 13.8. The Kier molecular flexibility index (Phi) is 3.56. The molecule has 2 atom stereocenters. The van der Waals surface area contributed by atoms with Crippen molar-refractivity contribution in [3.05, 3.63) is 17.7 Å². The Balaban J connectivity index is 1.71. The summed E-state index contributed by atoms with van der Waals surface area (Å²) in [7, 11) is 4.93. The van der Waals surface area contributed by atoms with Crippen molar-refractivity contribution in [3.8, 4) is 17.2 Å². The van der Waals surface area contributed by atoms with Gasteiger partial charge in [0.25, 0.3) is 0 Å². The Morgan fingerprint density at radius 1 is 1.04 bits per heavy atom. The summed E-state index contributed by atoms with van der Waals surface area (Å²) >= 11 is 0. The van der Waals surface area contributed by atoms with Crippen LogP contribution >= 0.6 is 0 Å². The zero-order valence-electron chi connectivity index (χ0n) is 13.8. The average Bonchev–Trinajstić information content (AvgIpc) is 3.08. The maximum absolute atomic E-state index is 5.49. The van der Waals surface area contributed by atoms with Gasteiger partial charge in [-0.1, -0.05) is 0 Å². The summed E-state index contributed by atoms with van der Waals surface area (Å²) in [6, 6.07) is 4.55. The lowest BCUT2D eigenvalue weighted by atomic mass is 9.78. The summed E-state index contributed by atoms with van der Waals surface area (Å²) in [6.07, 6.45) is 2.47. The molecule has 0 amide bonds. The van der Waals surface area contributed by atoms with Crippen LogP contribution in [0.5, 0.6) is 17.2 Å². The first kappa shape index (κ1) is 14.6. The lowest BCUT2D eigenvalue weighted by Crippen LogP contribution is -2.56. The third-order valence-electron chi connectivity index (χ3n) is 5.34. The maximum atomic E-state index is 5.49. The van der Waals surface area contributed by atoms with E-state index in [9.17, 15) is 0 Å². The number of ether oxygens (including phenoxy) is 3. The number of hydrogen-bond acceptors (Lipinski definition) is 6. The number of methoxy groups -OCH3 is 3. The van der Waals surface area contributed by atoms with E-state index in [1.807, 2.05) is 12.1 Å². The SMILES string of the molecule is COc1cc([C@@H]2NN=C3C4CCN(CC4)[C@@H]32)cc(OC)c1OC. The Hall–Kier alpha value is -1.95. The summed E-state index contributed by atoms with van der Waals surface area (Å²) in [4.78, 5) is 2.55. The molecule has 0 aliphatic carbocycles. The second-order valence-corrected chi connectivity index (χ2v) is 6.36. The minimum Gasteiger partial charge on any atom is -0.493 e. The van der Waals surface area contributed by atoms with Gasteiger partial charge in [-0.2, -0.15) is 5.10 Å². The lowest BCUT2D eigenvalue weighted by molar-refractivity contribution is 0.133. The highest BCUT2D eigenvalue weighted by Crippen LogP contribution is 2.44. The molecule has 4 aliphatic heterocycles. The average molecular weight is 317 g/mol. The highest BCUT2D eigenvalue weighted by Gasteiger charge is 2.47. The van der Waals surface area contributed by atoms with Crippen LogP contribution in [0.25, 0.3) is 0 Å². The van der Waals surface area contributed by atoms with Gasteiger partial charge in [0, 0.05) is 5.92 Å². The molecule has 0 aromatic heterocycles. The van der Waals surface area contributed by atoms with Gasteiger partial charge >= 0.3 is 0 Å². The lowest BCUT2D eigenvalue weighted by Gasteiger charge is -2.45. The number of benzene rings is 1. The largest absolute Gasteiger partial charge is 0.493 e. The smallest absolute Gasteiger partial charge is 0.203 e. The molecule has 6 nitrogen and oxygen atoms in total. The van der Waals surface area contributed by atoms with Crippen molar-refractivity contribution in [2.45, 2.75) is 24.9 Å². The van der Waals surface area contributed by atoms with Crippen molar-refractivity contribution in [3.63, 3.8) is 0 Å². The Bertz CT molecular complexity index is 613. The second kappa shape index (κ2) is 5.60. The number of hydrogen-bond donors (Lipinski definition) is 1. The van der Waals surface area contributed by atoms with E-state index in [4.69, 9.17) is 14.2 Å². The molecule has 1 aromatic carbocycles. The van der Waals surface area contributed by atoms with E-state index in [1.54, 1.807) is 21.3 Å². The van der Waals surface area contributed by atoms with E-state index in [1.165, 1.54) is 18.6 Å². The molecule has 124 valence electrons. The minimum atomic E-state index is 0.141. The molecule has 3 fully saturated rings. The van der Waals surface area contributed by atoms with Crippen LogP contribution in [0.2, 0.25) is 0 Å². The Morgan fingerprint density at radius 2 is 1.70 bits per heavy atom. The third-order valence-corrected chi connectivity index (χ3v) is 5.34. The molecule has 6 heteroatoms. The van der Waals surface area contributed by atoms with Crippen LogP contribution in [0, 0.1) is 5.92 Å². The molecule has 23 heavy (non-hydrogen) atoms. The van der Waals surface area contributed by atoms with E-state index in [0.29, 0.717) is 29.2 Å². The highest BCUT2D eigenvalue weighted by atomic mass is 16.5. The van der Waals surface area contributed by atoms with Gasteiger partial charge in [0.2, 0.25) is 5.75 Å². The van der Waals surface area contributed by atoms with Crippen LogP contribution in [0.4, 0.5) is 0 Å². The number of nitrogens with one attached hydrogen (secondary N) is 1. The molecule has 1 aromatic rings. The molecule has 0 radical (unpaired) electrons. The topological polar surface area (TPSA) is 55.3 Å². The van der Waals surface area contributed by atoms with E-state index >= 15 is 0 Å². The first-order chi connectivity index (χ1) is 11.3. The molecule has 3 saturated heterocycles. The number of rotatable bonds is 4. The van der Waals surface area contributed by atoms with Gasteiger partial charge in [-0.3, -0.25) is 4.90 Å². The molecule has 1 N–H and O–H groups in total. The zero-order chi connectivity index (χ0) is 16.0. The molecule has 4 aliphatic rings. The fourth-order valence-corrected chi connectivity index (χ4v) is 4.19. The molecule has 0 spiro atoms. The Morgan fingerprint density at radius 3 is 2.26 bits per heavy atom. The highest BCUT2D eigenvalue weighted by molar-refractivity contribution is 5.95. The molecular weight excluding hydrogens is 294 g/mol. The van der Waals surface area contributed by atoms with Crippen molar-refractivity contribution in [1.29, 1.82) is 0 Å². The van der Waals surface area contributed by atoms with Crippen LogP contribution in [0.15, 0.2) is 17.2 Å². The number of hydrazone groups is 1. The summed E-state index contributed by atoms with van der Waals surface area (Å²) < 4.78 is 16.4. The minimum absolute atomic E-state index is 0.141. The van der Waals surface area contributed by atoms with Crippen molar-refractivity contribution >= 4 is 5.71 Å². The van der Waals surface area contributed by atoms with E-state index in [0.717, 1.165) is 18.7 Å². The normalized spacial score (nSPS) is 31.2. The first-order valence-corrected chi connectivity index (χ1v) is 8.13. The number of piperidine rings is 3. The van der Waals surface area contributed by atoms with Gasteiger partial charge in [-0.15, -0.1) is 0 Å². The number of fused-ring (bicyclic) bond motifs is 2. The van der Waals surface area contributed by atoms with Gasteiger partial charge in [-0.25, -0.2) is 0 Å². The standard InChI is InChI=1S/C17H23N3O3/c1-21-12-8-11(9-13(22-2)17(12)23-3)15-16-14(18-19-15)10-4-6-20(16)7-5-10/h8-10,15-16,19H,4-7H2,1-3H3/t15-,16-/m0/s1. The third kappa shape index (κ3) is 2.16. The fraction of sp³-hybridized carbons (Fsp3) is 0.588. The van der Waals surface area contributed by atoms with E-state index in [2.05, 4.69) is 15.4 Å². The summed E-state index contributed by atoms with van der Waals surface area (Å²) in [5.74, 6) is 2.65. The van der Waals surface area contributed by atoms with E-state index in [-0.39, 0.29) is 6.04 Å². The molecule has 4 heterocycles. The fourth-order valence-electron chi connectivity index (χ4n) is 4.19. The molecule has 2 bridgehead atoms. The van der Waals surface area contributed by atoms with E-state index < -0.39 is 0 Å². The van der Waals surface area contributed by atoms with Gasteiger partial charge in [-0.05, 0) is 43.6 Å². The van der Waals surface area contributed by atoms with Gasteiger partial charge in [0.05, 0.1) is 39.1 Å². The predicted octanol–water partition coefficient (Wildman–Crippen LogP) is 1.81. The van der Waals surface area contributed by atoms with Crippen molar-refractivity contribution in [2.24, 2.45) is 11.0 Å². The van der Waals surface area contributed by atoms with Crippen LogP contribution in [0.1, 0.15) is 24.4 Å². The summed E-state index contributed by atoms with van der Waals surface area (Å²) in [5, 5.41) is 4.66. The van der Waals surface area contributed by atoms with Crippen LogP contribution in [-0.2, 0) is 0 Å². The van der Waals surface area contributed by atoms with Crippen molar-refractivity contribution < 1.29 is 14.2 Å². The van der Waals surface area contributed by atoms with Gasteiger partial charge in [0.1, 0.15) is 0 Å². The summed E-state index contributed by atoms with van der Waals surface area (Å²) in [5.41, 5.74) is 5.79. The second-order valence-electron chi connectivity index (χ2n) is 6.36. The van der Waals surface area contributed by atoms with Gasteiger partial charge in [0.15, 0.2) is 11.5 Å². The molecule has 0 unspecified atom stereocenters. The first-order valence-electron chi connectivity index (χ1n) is 8.13. The number of nitrogens with zero attached hydrogens (tertiary/aromatic N) is 2. The van der Waals surface area contributed by atoms with Crippen LogP contribution in [-0.4, -0.2) is 51.1 Å². The van der Waals surface area contributed by atoms with Crippen molar-refractivity contribution in [1.82, 2.24) is 10.3 Å². The van der Waals surface area contributed by atoms with Crippen LogP contribution < -0.4 is 19.6 Å². The quantitative estimate of drug-likeness (QED) is 0.918. The van der Waals surface area contributed by atoms with Crippen LogP contribution in [0.3, 0.4) is 0 Å². The Labute approximate surface area is 136 Å².